The molecule has 3 rings (SSSR count). The van der Waals surface area contributed by atoms with Gasteiger partial charge in [-0.25, -0.2) is 14.4 Å². The second-order valence-electron chi connectivity index (χ2n) is 8.67. The van der Waals surface area contributed by atoms with Crippen molar-refractivity contribution in [3.05, 3.63) is 114 Å². The molecule has 2 aromatic carbocycles. The van der Waals surface area contributed by atoms with Gasteiger partial charge in [0.2, 0.25) is 0 Å². The van der Waals surface area contributed by atoms with Crippen molar-refractivity contribution in [2.75, 3.05) is 13.2 Å². The number of carbonyl (C=O) groups excluding carboxylic acids is 3. The summed E-state index contributed by atoms with van der Waals surface area (Å²) in [5.74, 6) is 0.160. The largest absolute Gasteiger partial charge is 0.494 e. The van der Waals surface area contributed by atoms with Crippen LogP contribution in [0, 0.1) is 0 Å². The smallest absolute Gasteiger partial charge is 0.343 e. The van der Waals surface area contributed by atoms with Crippen molar-refractivity contribution in [3.63, 3.8) is 0 Å². The molecule has 0 atom stereocenters. The zero-order valence-corrected chi connectivity index (χ0v) is 21.5. The summed E-state index contributed by atoms with van der Waals surface area (Å²) < 4.78 is 21.7. The van der Waals surface area contributed by atoms with Gasteiger partial charge in [0.25, 0.3) is 0 Å². The molecule has 0 saturated heterocycles. The van der Waals surface area contributed by atoms with Gasteiger partial charge < -0.3 is 18.9 Å². The van der Waals surface area contributed by atoms with E-state index in [-0.39, 0.29) is 0 Å². The van der Waals surface area contributed by atoms with Crippen LogP contribution in [0.15, 0.2) is 103 Å². The molecule has 0 radical (unpaired) electrons. The lowest BCUT2D eigenvalue weighted by atomic mass is 10.2. The van der Waals surface area contributed by atoms with Gasteiger partial charge in [-0.05, 0) is 87.2 Å². The standard InChI is InChI=1S/C31H32O7/c1-3-29(32)36-20-10-5-4-9-19-35-26-15-13-25(14-16-26)31(34)38-28-18-17-27(21-23(2)22-28)37-30(33)24-11-7-6-8-12-24/h3,6-8,11-18,22H,1,4-5,9-10,19-21H2,2H3. The first kappa shape index (κ1) is 28.2. The van der Waals surface area contributed by atoms with Gasteiger partial charge in [-0.2, -0.15) is 0 Å². The second kappa shape index (κ2) is 15.0. The average Bonchev–Trinajstić information content (AvgIpc) is 3.10. The number of unbranched alkanes of at least 4 members (excludes halogenated alkanes) is 3. The zero-order valence-electron chi connectivity index (χ0n) is 21.5. The molecule has 0 amide bonds. The van der Waals surface area contributed by atoms with Crippen LogP contribution in [0.25, 0.3) is 0 Å². The van der Waals surface area contributed by atoms with Gasteiger partial charge in [-0.15, -0.1) is 0 Å². The minimum atomic E-state index is -0.498. The van der Waals surface area contributed by atoms with E-state index in [9.17, 15) is 14.4 Å². The molecule has 0 unspecified atom stereocenters. The van der Waals surface area contributed by atoms with Crippen LogP contribution in [-0.4, -0.2) is 31.1 Å². The number of ether oxygens (including phenoxy) is 4. The lowest BCUT2D eigenvalue weighted by Gasteiger charge is -2.08. The molecule has 0 N–H and O–H groups in total. The van der Waals surface area contributed by atoms with Gasteiger partial charge >= 0.3 is 17.9 Å². The van der Waals surface area contributed by atoms with Crippen LogP contribution in [0.3, 0.4) is 0 Å². The van der Waals surface area contributed by atoms with E-state index >= 15 is 0 Å². The monoisotopic (exact) mass is 516 g/mol. The lowest BCUT2D eigenvalue weighted by molar-refractivity contribution is -0.137. The quantitative estimate of drug-likeness (QED) is 0.130. The molecule has 0 aliphatic heterocycles. The van der Waals surface area contributed by atoms with Crippen LogP contribution in [-0.2, 0) is 19.0 Å². The van der Waals surface area contributed by atoms with Gasteiger partial charge in [0.05, 0.1) is 24.3 Å². The highest BCUT2D eigenvalue weighted by molar-refractivity contribution is 5.91. The fourth-order valence-electron chi connectivity index (χ4n) is 3.57. The van der Waals surface area contributed by atoms with Crippen LogP contribution in [0.5, 0.6) is 5.75 Å². The van der Waals surface area contributed by atoms with Gasteiger partial charge in [-0.3, -0.25) is 0 Å². The van der Waals surface area contributed by atoms with E-state index in [0.717, 1.165) is 37.3 Å². The summed E-state index contributed by atoms with van der Waals surface area (Å²) >= 11 is 0. The van der Waals surface area contributed by atoms with E-state index in [4.69, 9.17) is 18.9 Å². The zero-order chi connectivity index (χ0) is 27.2. The molecule has 0 aromatic heterocycles. The first-order chi connectivity index (χ1) is 18.4. The molecule has 7 nitrogen and oxygen atoms in total. The van der Waals surface area contributed by atoms with E-state index < -0.39 is 17.9 Å². The Morgan fingerprint density at radius 1 is 0.816 bits per heavy atom. The summed E-state index contributed by atoms with van der Waals surface area (Å²) in [5.41, 5.74) is 1.74. The number of rotatable bonds is 13. The molecule has 0 heterocycles. The molecular weight excluding hydrogens is 484 g/mol. The molecule has 7 heteroatoms. The van der Waals surface area contributed by atoms with Crippen molar-refractivity contribution in [3.8, 4) is 5.75 Å². The number of hydrogen-bond acceptors (Lipinski definition) is 7. The molecule has 1 aliphatic rings. The molecule has 0 bridgehead atoms. The average molecular weight is 517 g/mol. The minimum Gasteiger partial charge on any atom is -0.494 e. The van der Waals surface area contributed by atoms with E-state index in [1.165, 1.54) is 0 Å². The van der Waals surface area contributed by atoms with Crippen molar-refractivity contribution < 1.29 is 33.3 Å². The second-order valence-corrected chi connectivity index (χ2v) is 8.67. The summed E-state index contributed by atoms with van der Waals surface area (Å²) in [6.07, 6.45) is 10.2. The predicted octanol–water partition coefficient (Wildman–Crippen LogP) is 6.49. The first-order valence-electron chi connectivity index (χ1n) is 12.5. The number of hydrogen-bond donors (Lipinski definition) is 0. The summed E-state index contributed by atoms with van der Waals surface area (Å²) in [5, 5.41) is 0. The lowest BCUT2D eigenvalue weighted by Crippen LogP contribution is -2.05. The third-order valence-electron chi connectivity index (χ3n) is 5.53. The van der Waals surface area contributed by atoms with E-state index in [1.54, 1.807) is 66.8 Å². The van der Waals surface area contributed by atoms with Crippen molar-refractivity contribution in [1.29, 1.82) is 0 Å². The highest BCUT2D eigenvalue weighted by atomic mass is 16.5. The number of carbonyl (C=O) groups is 3. The molecular formula is C31H32O7. The van der Waals surface area contributed by atoms with Gasteiger partial charge in [0.15, 0.2) is 0 Å². The van der Waals surface area contributed by atoms with E-state index in [0.29, 0.717) is 48.0 Å². The highest BCUT2D eigenvalue weighted by Gasteiger charge is 2.15. The van der Waals surface area contributed by atoms with Gasteiger partial charge in [-0.1, -0.05) is 30.4 Å². The fourth-order valence-corrected chi connectivity index (χ4v) is 3.57. The highest BCUT2D eigenvalue weighted by Crippen LogP contribution is 2.22. The van der Waals surface area contributed by atoms with Crippen LogP contribution < -0.4 is 4.74 Å². The molecule has 198 valence electrons. The molecule has 2 aromatic rings. The first-order valence-corrected chi connectivity index (χ1v) is 12.5. The maximum atomic E-state index is 12.7. The summed E-state index contributed by atoms with van der Waals surface area (Å²) in [6, 6.07) is 15.5. The Morgan fingerprint density at radius 2 is 1.47 bits per heavy atom. The Hall–Kier alpha value is -4.39. The van der Waals surface area contributed by atoms with Crippen molar-refractivity contribution in [2.45, 2.75) is 39.0 Å². The van der Waals surface area contributed by atoms with E-state index in [2.05, 4.69) is 6.58 Å². The topological polar surface area (TPSA) is 88.1 Å². The van der Waals surface area contributed by atoms with Crippen LogP contribution in [0.1, 0.15) is 59.7 Å². The number of benzene rings is 2. The molecule has 0 fully saturated rings. The molecule has 38 heavy (non-hydrogen) atoms. The van der Waals surface area contributed by atoms with E-state index in [1.807, 2.05) is 13.0 Å². The third-order valence-corrected chi connectivity index (χ3v) is 5.53. The van der Waals surface area contributed by atoms with Gasteiger partial charge in [0, 0.05) is 12.5 Å². The van der Waals surface area contributed by atoms with Crippen LogP contribution >= 0.6 is 0 Å². The van der Waals surface area contributed by atoms with Gasteiger partial charge in [0.1, 0.15) is 17.3 Å². The summed E-state index contributed by atoms with van der Waals surface area (Å²) in [6.45, 7) is 6.18. The summed E-state index contributed by atoms with van der Waals surface area (Å²) in [7, 11) is 0. The Balaban J connectivity index is 1.44. The number of esters is 3. The Morgan fingerprint density at radius 3 is 2.18 bits per heavy atom. The SMILES string of the molecule is C=CC(=O)OCCCCCCOc1ccc(C(=O)OC2=CC=C(OC(=O)c3ccccc3)CC(C)=C2)cc1. The fraction of sp³-hybridized carbons (Fsp3) is 0.258. The normalized spacial score (nSPS) is 12.7. The Kier molecular flexibility index (Phi) is 11.1. The summed E-state index contributed by atoms with van der Waals surface area (Å²) in [4.78, 5) is 36.0. The third kappa shape index (κ3) is 9.58. The minimum absolute atomic E-state index is 0.359. The Labute approximate surface area is 223 Å². The predicted molar refractivity (Wildman–Crippen MR) is 143 cm³/mol. The number of allylic oxidation sites excluding steroid dienone is 4. The van der Waals surface area contributed by atoms with Crippen LogP contribution in [0.4, 0.5) is 0 Å². The van der Waals surface area contributed by atoms with Crippen LogP contribution in [0.2, 0.25) is 0 Å². The maximum Gasteiger partial charge on any atom is 0.343 e. The molecule has 0 saturated carbocycles. The van der Waals surface area contributed by atoms with Crippen molar-refractivity contribution in [2.24, 2.45) is 0 Å². The van der Waals surface area contributed by atoms with Crippen molar-refractivity contribution >= 4 is 17.9 Å². The van der Waals surface area contributed by atoms with Crippen molar-refractivity contribution in [1.82, 2.24) is 0 Å². The Bertz CT molecular complexity index is 1200. The molecule has 1 aliphatic carbocycles. The maximum absolute atomic E-state index is 12.7. The molecule has 0 spiro atoms.